The van der Waals surface area contributed by atoms with Crippen LogP contribution in [0.4, 0.5) is 5.69 Å². The fourth-order valence-corrected chi connectivity index (χ4v) is 11.9. The molecule has 444 valence electrons. The number of carbonyl (C=O) groups is 3. The van der Waals surface area contributed by atoms with Gasteiger partial charge in [0.25, 0.3) is 0 Å². The van der Waals surface area contributed by atoms with Crippen LogP contribution in [0, 0.1) is 23.7 Å². The molecule has 0 radical (unpaired) electrons. The van der Waals surface area contributed by atoms with E-state index in [1.807, 2.05) is 74.5 Å². The van der Waals surface area contributed by atoms with Gasteiger partial charge in [0.1, 0.15) is 29.5 Å². The molecule has 3 aliphatic rings. The van der Waals surface area contributed by atoms with Gasteiger partial charge < -0.3 is 78.0 Å². The molecule has 0 aliphatic carbocycles. The Bertz CT molecular complexity index is 2340. The quantitative estimate of drug-likeness (QED) is 0.0745. The molecule has 78 heavy (non-hydrogen) atoms. The zero-order valence-corrected chi connectivity index (χ0v) is 49.6. The van der Waals surface area contributed by atoms with Gasteiger partial charge in [0.05, 0.1) is 85.0 Å². The maximum atomic E-state index is 14.5. The van der Waals surface area contributed by atoms with Gasteiger partial charge in [0, 0.05) is 67.5 Å². The van der Waals surface area contributed by atoms with E-state index in [2.05, 4.69) is 10.2 Å². The summed E-state index contributed by atoms with van der Waals surface area (Å²) in [6.07, 6.45) is -3.69. The Hall–Kier alpha value is -3.51. The van der Waals surface area contributed by atoms with Crippen molar-refractivity contribution in [2.24, 2.45) is 23.7 Å². The summed E-state index contributed by atoms with van der Waals surface area (Å²) in [5.74, 6) is -4.47. The first-order valence-electron chi connectivity index (χ1n) is 28.0. The summed E-state index contributed by atoms with van der Waals surface area (Å²) in [6, 6.07) is 2.71. The normalized spacial score (nSPS) is 35.0. The Morgan fingerprint density at radius 3 is 2.19 bits per heavy atom. The molecule has 2 aromatic rings. The summed E-state index contributed by atoms with van der Waals surface area (Å²) >= 11 is 6.56. The molecule has 0 bridgehead atoms. The molecule has 3 fully saturated rings. The Kier molecular flexibility index (Phi) is 23.8. The molecule has 1 aromatic heterocycles. The highest BCUT2D eigenvalue weighted by Crippen LogP contribution is 2.40. The van der Waals surface area contributed by atoms with Crippen molar-refractivity contribution in [1.82, 2.24) is 14.4 Å². The molecule has 5 rings (SSSR count). The van der Waals surface area contributed by atoms with Crippen LogP contribution in [0.5, 0.6) is 0 Å². The molecule has 3 aliphatic heterocycles. The number of fused-ring (bicyclic) bond motifs is 1. The molecule has 1 aromatic carbocycles. The summed E-state index contributed by atoms with van der Waals surface area (Å²) in [6.45, 7) is 23.6. The topological polar surface area (TPSA) is 246 Å². The number of ether oxygens (including phenoxy) is 8. The number of esters is 2. The van der Waals surface area contributed by atoms with Gasteiger partial charge >= 0.3 is 17.9 Å². The number of likely N-dealkylation sites (N-methyl/N-ethyl adjacent to an activating group) is 1. The smallest absolute Gasteiger partial charge is 0.341 e. The minimum atomic E-state index is -1.82. The summed E-state index contributed by atoms with van der Waals surface area (Å²) in [4.78, 5) is 56.6. The van der Waals surface area contributed by atoms with E-state index in [9.17, 15) is 39.6 Å². The summed E-state index contributed by atoms with van der Waals surface area (Å²) in [5, 5.41) is 49.6. The van der Waals surface area contributed by atoms with Gasteiger partial charge in [0.2, 0.25) is 5.43 Å². The van der Waals surface area contributed by atoms with Gasteiger partial charge in [-0.2, -0.15) is 0 Å². The van der Waals surface area contributed by atoms with Gasteiger partial charge in [-0.25, -0.2) is 4.79 Å². The zero-order chi connectivity index (χ0) is 58.1. The Morgan fingerprint density at radius 2 is 1.58 bits per heavy atom. The molecule has 0 saturated carbocycles. The number of rotatable bonds is 19. The summed E-state index contributed by atoms with van der Waals surface area (Å²) < 4.78 is 51.9. The second-order valence-corrected chi connectivity index (χ2v) is 23.9. The molecule has 5 N–H and O–H groups in total. The number of aromatic carboxylic acids is 1. The lowest BCUT2D eigenvalue weighted by atomic mass is 9.77. The van der Waals surface area contributed by atoms with E-state index in [-0.39, 0.29) is 86.7 Å². The third-order valence-corrected chi connectivity index (χ3v) is 16.5. The highest BCUT2D eigenvalue weighted by Gasteiger charge is 2.51. The van der Waals surface area contributed by atoms with Gasteiger partial charge in [-0.15, -0.1) is 0 Å². The van der Waals surface area contributed by atoms with E-state index in [1.54, 1.807) is 44.4 Å². The number of aliphatic hydroxyl groups is 3. The average Bonchev–Trinajstić information content (AvgIpc) is 3.43. The van der Waals surface area contributed by atoms with Gasteiger partial charge in [0.15, 0.2) is 12.6 Å². The van der Waals surface area contributed by atoms with Crippen molar-refractivity contribution in [2.75, 3.05) is 66.0 Å². The summed E-state index contributed by atoms with van der Waals surface area (Å²) in [7, 11) is 5.91. The lowest BCUT2D eigenvalue weighted by Crippen LogP contribution is -2.59. The van der Waals surface area contributed by atoms with Crippen LogP contribution >= 0.6 is 11.6 Å². The molecule has 3 saturated heterocycles. The van der Waals surface area contributed by atoms with Crippen LogP contribution in [-0.2, 0) is 47.5 Å². The van der Waals surface area contributed by atoms with Crippen molar-refractivity contribution in [3.8, 4) is 0 Å². The number of carboxylic acid groups (broad SMARTS) is 1. The first-order chi connectivity index (χ1) is 36.5. The van der Waals surface area contributed by atoms with Crippen LogP contribution in [0.1, 0.15) is 138 Å². The minimum Gasteiger partial charge on any atom is -0.477 e. The van der Waals surface area contributed by atoms with E-state index in [4.69, 9.17) is 49.5 Å². The monoisotopic (exact) mass is 1120 g/mol. The Morgan fingerprint density at radius 1 is 0.923 bits per heavy atom. The maximum absolute atomic E-state index is 14.5. The van der Waals surface area contributed by atoms with Crippen molar-refractivity contribution in [2.45, 2.75) is 206 Å². The van der Waals surface area contributed by atoms with Crippen LogP contribution in [0.25, 0.3) is 10.9 Å². The predicted molar refractivity (Wildman–Crippen MR) is 296 cm³/mol. The van der Waals surface area contributed by atoms with E-state index >= 15 is 0 Å². The number of hydrogen-bond donors (Lipinski definition) is 5. The highest BCUT2D eigenvalue weighted by molar-refractivity contribution is 6.34. The minimum absolute atomic E-state index is 0.0181. The standard InChI is InChI=1S/C57H93ClN4O16/c1-16-45-57(12,70)52(65)37(9)61(15)29-32(4)28-56(11,69)53(78-48-25-39(60(13)14)24-34(6)73-48)35(7)51(36(8)55(68)75-45)77-47-23-33(5)50(38(10)74-47)76-46(63)17-19-71-21-22-72-20-18-59-43-26-40-44(27-42(43)58)62(31(2)3)30-41(49(40)64)54(66)67/h26-27,30-39,45,47-48,50-53,59,65,69-70H,16-25,28-29H2,1-15H3,(H,66,67)/t32-,33+,34-,35+,36-,37-,38+,39+,45-,47+,48+,50-,51+,52-,53-,56-,57-/m1/s1. The number of aliphatic hydroxyl groups excluding tert-OH is 1. The number of benzene rings is 1. The number of aromatic nitrogens is 1. The van der Waals surface area contributed by atoms with Gasteiger partial charge in [-0.1, -0.05) is 39.3 Å². The molecule has 0 amide bonds. The second kappa shape index (κ2) is 28.5. The van der Waals surface area contributed by atoms with Crippen molar-refractivity contribution < 1.29 is 72.7 Å². The van der Waals surface area contributed by atoms with Crippen molar-refractivity contribution in [3.05, 3.63) is 39.1 Å². The number of carboxylic acids is 1. The number of carbonyl (C=O) groups excluding carboxylic acids is 2. The van der Waals surface area contributed by atoms with Crippen LogP contribution < -0.4 is 10.7 Å². The molecule has 17 atom stereocenters. The fourth-order valence-electron chi connectivity index (χ4n) is 11.7. The third kappa shape index (κ3) is 16.6. The van der Waals surface area contributed by atoms with Crippen molar-refractivity contribution in [3.63, 3.8) is 0 Å². The second-order valence-electron chi connectivity index (χ2n) is 23.5. The lowest BCUT2D eigenvalue weighted by molar-refractivity contribution is -0.291. The molecule has 20 nitrogen and oxygen atoms in total. The van der Waals surface area contributed by atoms with Crippen molar-refractivity contribution >= 4 is 46.1 Å². The molecule has 21 heteroatoms. The summed E-state index contributed by atoms with van der Waals surface area (Å²) in [5.41, 5.74) is -3.23. The van der Waals surface area contributed by atoms with E-state index in [0.717, 1.165) is 6.42 Å². The fraction of sp³-hybridized carbons (Fsp3) is 0.789. The van der Waals surface area contributed by atoms with Gasteiger partial charge in [-0.3, -0.25) is 14.4 Å². The zero-order valence-electron chi connectivity index (χ0n) is 48.9. The predicted octanol–water partition coefficient (Wildman–Crippen LogP) is 6.49. The number of halogens is 1. The maximum Gasteiger partial charge on any atom is 0.341 e. The Balaban J connectivity index is 1.21. The third-order valence-electron chi connectivity index (χ3n) is 16.2. The number of nitrogens with one attached hydrogen (secondary N) is 1. The van der Waals surface area contributed by atoms with Crippen molar-refractivity contribution in [1.29, 1.82) is 0 Å². The van der Waals surface area contributed by atoms with E-state index in [0.29, 0.717) is 42.2 Å². The molecule has 0 unspecified atom stereocenters. The van der Waals surface area contributed by atoms with Crippen LogP contribution in [0.3, 0.4) is 0 Å². The highest BCUT2D eigenvalue weighted by atomic mass is 35.5. The van der Waals surface area contributed by atoms with Crippen LogP contribution in [0.15, 0.2) is 23.1 Å². The first kappa shape index (κ1) is 65.3. The number of hydrogen-bond acceptors (Lipinski definition) is 18. The van der Waals surface area contributed by atoms with Crippen LogP contribution in [0.2, 0.25) is 5.02 Å². The van der Waals surface area contributed by atoms with E-state index < -0.39 is 102 Å². The van der Waals surface area contributed by atoms with E-state index in [1.165, 1.54) is 13.1 Å². The number of nitrogens with zero attached hydrogens (tertiary/aromatic N) is 3. The largest absolute Gasteiger partial charge is 0.477 e. The van der Waals surface area contributed by atoms with Crippen LogP contribution in [-0.4, -0.2) is 192 Å². The SMILES string of the molecule is CC[C@H]1OC(=O)[C@H](C)[C@@H](O[C@H]2C[C@H](C)[C@@H](OC(=O)CCOCCOCCNc3cc4c(=O)c(C(=O)O)cn(C(C)C)c4cc3Cl)[C@H](C)O2)[C@H](C)[C@@H](O[C@H]2C[C@@H](N(C)C)C[C@@H](C)O2)[C@](C)(O)C[C@@H](C)CN(C)[C@H](C)[C@@H](O)[C@]1(C)O. The van der Waals surface area contributed by atoms with Gasteiger partial charge in [-0.05, 0) is 114 Å². The molecular formula is C57H93ClN4O16. The first-order valence-corrected chi connectivity index (χ1v) is 28.4. The molecule has 4 heterocycles. The number of pyridine rings is 1. The molecular weight excluding hydrogens is 1030 g/mol. The number of cyclic esters (lactones) is 1. The molecule has 0 spiro atoms. The number of anilines is 1. The Labute approximate surface area is 466 Å². The lowest BCUT2D eigenvalue weighted by Gasteiger charge is -2.47. The average molecular weight is 1130 g/mol.